The zero-order valence-corrected chi connectivity index (χ0v) is 14.6. The molecule has 0 bridgehead atoms. The van der Waals surface area contributed by atoms with Crippen LogP contribution in [0, 0.1) is 17.8 Å². The van der Waals surface area contributed by atoms with Crippen molar-refractivity contribution in [1.29, 1.82) is 0 Å². The van der Waals surface area contributed by atoms with Crippen LogP contribution in [-0.4, -0.2) is 41.3 Å². The Morgan fingerprint density at radius 3 is 2.76 bits per heavy atom. The molecule has 2 aliphatic carbocycles. The summed E-state index contributed by atoms with van der Waals surface area (Å²) in [7, 11) is 0. The number of ketones is 1. The fourth-order valence-electron chi connectivity index (χ4n) is 4.49. The number of esters is 1. The van der Waals surface area contributed by atoms with Gasteiger partial charge in [-0.15, -0.1) is 0 Å². The van der Waals surface area contributed by atoms with E-state index >= 15 is 0 Å². The van der Waals surface area contributed by atoms with Gasteiger partial charge in [-0.3, -0.25) is 4.79 Å². The smallest absolute Gasteiger partial charge is 0.334 e. The van der Waals surface area contributed by atoms with Gasteiger partial charge in [-0.25, -0.2) is 4.79 Å². The Hall–Kier alpha value is -1.98. The molecule has 1 heterocycles. The molecule has 0 aromatic heterocycles. The van der Waals surface area contributed by atoms with Crippen LogP contribution in [0.25, 0.3) is 0 Å². The summed E-state index contributed by atoms with van der Waals surface area (Å²) >= 11 is 0. The predicted molar refractivity (Wildman–Crippen MR) is 92.4 cm³/mol. The van der Waals surface area contributed by atoms with Crippen LogP contribution in [0.4, 0.5) is 0 Å². The number of carbonyl (C=O) groups is 2. The number of ether oxygens (including phenoxy) is 1. The van der Waals surface area contributed by atoms with E-state index in [1.807, 2.05) is 13.8 Å². The van der Waals surface area contributed by atoms with Gasteiger partial charge < -0.3 is 14.9 Å². The van der Waals surface area contributed by atoms with Gasteiger partial charge in [0.05, 0.1) is 13.2 Å². The summed E-state index contributed by atoms with van der Waals surface area (Å²) in [5, 5.41) is 18.6. The van der Waals surface area contributed by atoms with E-state index in [-0.39, 0.29) is 23.9 Å². The van der Waals surface area contributed by atoms with E-state index in [1.165, 1.54) is 11.6 Å². The number of allylic oxidation sites excluding steroid dienone is 2. The summed E-state index contributed by atoms with van der Waals surface area (Å²) in [6, 6.07) is 0. The Kier molecular flexibility index (Phi) is 4.80. The highest BCUT2D eigenvalue weighted by molar-refractivity contribution is 6.00. The summed E-state index contributed by atoms with van der Waals surface area (Å²) in [4.78, 5) is 25.2. The lowest BCUT2D eigenvalue weighted by atomic mass is 9.75. The number of rotatable bonds is 4. The maximum absolute atomic E-state index is 13.0. The lowest BCUT2D eigenvalue weighted by Gasteiger charge is -2.28. The molecule has 1 fully saturated rings. The van der Waals surface area contributed by atoms with Gasteiger partial charge in [0.2, 0.25) is 0 Å². The summed E-state index contributed by atoms with van der Waals surface area (Å²) < 4.78 is 5.65. The molecule has 0 saturated carbocycles. The van der Waals surface area contributed by atoms with E-state index in [4.69, 9.17) is 9.84 Å². The maximum Gasteiger partial charge on any atom is 0.334 e. The largest absolute Gasteiger partial charge is 0.457 e. The second-order valence-corrected chi connectivity index (χ2v) is 7.10. The van der Waals surface area contributed by atoms with Crippen molar-refractivity contribution in [2.75, 3.05) is 13.2 Å². The Bertz CT molecular complexity index is 724. The fourth-order valence-corrected chi connectivity index (χ4v) is 4.49. The van der Waals surface area contributed by atoms with Gasteiger partial charge in [-0.2, -0.15) is 0 Å². The van der Waals surface area contributed by atoms with E-state index in [2.05, 4.69) is 12.7 Å². The predicted octanol–water partition coefficient (Wildman–Crippen LogP) is 1.87. The minimum Gasteiger partial charge on any atom is -0.457 e. The van der Waals surface area contributed by atoms with E-state index in [0.717, 1.165) is 17.6 Å². The van der Waals surface area contributed by atoms with Crippen molar-refractivity contribution in [2.45, 2.75) is 32.8 Å². The number of Topliss-reactive ketones (excluding diaryl/α,β-unsaturated/α-hetero) is 1. The first-order chi connectivity index (χ1) is 11.9. The number of fused-ring (bicyclic) bond motifs is 3. The zero-order valence-electron chi connectivity index (χ0n) is 14.6. The number of carbonyl (C=O) groups excluding carboxylic acids is 2. The lowest BCUT2D eigenvalue weighted by Crippen LogP contribution is -2.35. The molecule has 2 N–H and O–H groups in total. The summed E-state index contributed by atoms with van der Waals surface area (Å²) in [6.45, 7) is 7.19. The summed E-state index contributed by atoms with van der Waals surface area (Å²) in [5.41, 5.74) is 4.03. The van der Waals surface area contributed by atoms with Gasteiger partial charge in [0.15, 0.2) is 5.78 Å². The quantitative estimate of drug-likeness (QED) is 0.462. The number of hydrogen-bond donors (Lipinski definition) is 2. The first-order valence-electron chi connectivity index (χ1n) is 8.60. The normalized spacial score (nSPS) is 32.2. The Labute approximate surface area is 147 Å². The highest BCUT2D eigenvalue weighted by atomic mass is 16.6. The third-order valence-corrected chi connectivity index (χ3v) is 5.77. The Morgan fingerprint density at radius 1 is 1.40 bits per heavy atom. The molecular formula is C20H24O5. The fraction of sp³-hybridized carbons (Fsp3) is 0.500. The highest BCUT2D eigenvalue weighted by Crippen LogP contribution is 2.50. The third kappa shape index (κ3) is 2.81. The number of aliphatic hydroxyl groups excluding tert-OH is 2. The van der Waals surface area contributed by atoms with Crippen LogP contribution in [0.5, 0.6) is 0 Å². The molecule has 0 spiro atoms. The van der Waals surface area contributed by atoms with Gasteiger partial charge in [0.25, 0.3) is 0 Å². The number of hydrogen-bond acceptors (Lipinski definition) is 5. The molecule has 1 aliphatic heterocycles. The molecule has 0 aromatic carbocycles. The molecule has 1 saturated heterocycles. The molecule has 3 aliphatic rings. The van der Waals surface area contributed by atoms with Crippen molar-refractivity contribution in [3.05, 3.63) is 46.6 Å². The van der Waals surface area contributed by atoms with Crippen molar-refractivity contribution in [3.63, 3.8) is 0 Å². The van der Waals surface area contributed by atoms with E-state index < -0.39 is 30.5 Å². The van der Waals surface area contributed by atoms with Gasteiger partial charge in [-0.05, 0) is 26.7 Å². The monoisotopic (exact) mass is 344 g/mol. The molecule has 134 valence electrons. The molecule has 0 amide bonds. The van der Waals surface area contributed by atoms with Crippen molar-refractivity contribution in [2.24, 2.45) is 17.8 Å². The van der Waals surface area contributed by atoms with Crippen LogP contribution in [0.1, 0.15) is 26.7 Å². The van der Waals surface area contributed by atoms with Gasteiger partial charge >= 0.3 is 5.97 Å². The van der Waals surface area contributed by atoms with Crippen LogP contribution in [0.2, 0.25) is 0 Å². The first-order valence-corrected chi connectivity index (χ1v) is 8.60. The zero-order chi connectivity index (χ0) is 18.3. The summed E-state index contributed by atoms with van der Waals surface area (Å²) in [6.07, 6.45) is 4.38. The molecule has 0 radical (unpaired) electrons. The second kappa shape index (κ2) is 6.73. The first kappa shape index (κ1) is 17.8. The third-order valence-electron chi connectivity index (χ3n) is 5.77. The molecule has 25 heavy (non-hydrogen) atoms. The molecule has 0 unspecified atom stereocenters. The standard InChI is InChI=1S/C20H24O5/c1-10-4-5-14-11(2)8-15(18(23)13(9-22)6-7-21)17-12(3)20(24)25-19(17)16(10)14/h4,6,15-17,19,21-22H,3,5,7-9H2,1-2H3/b13-6+/t15-,16+,17-,19-/m1/s1. The molecule has 5 nitrogen and oxygen atoms in total. The van der Waals surface area contributed by atoms with Crippen molar-refractivity contribution in [3.8, 4) is 0 Å². The van der Waals surface area contributed by atoms with E-state index in [1.54, 1.807) is 0 Å². The van der Waals surface area contributed by atoms with Crippen molar-refractivity contribution >= 4 is 11.8 Å². The van der Waals surface area contributed by atoms with Crippen LogP contribution < -0.4 is 0 Å². The Balaban J connectivity index is 2.07. The highest BCUT2D eigenvalue weighted by Gasteiger charge is 2.52. The summed E-state index contributed by atoms with van der Waals surface area (Å²) in [5.74, 6) is -1.60. The topological polar surface area (TPSA) is 83.8 Å². The molecule has 0 aromatic rings. The van der Waals surface area contributed by atoms with Gasteiger partial charge in [-0.1, -0.05) is 35.5 Å². The van der Waals surface area contributed by atoms with Crippen LogP contribution in [0.3, 0.4) is 0 Å². The van der Waals surface area contributed by atoms with E-state index in [0.29, 0.717) is 12.0 Å². The Morgan fingerprint density at radius 2 is 2.12 bits per heavy atom. The lowest BCUT2D eigenvalue weighted by molar-refractivity contribution is -0.140. The van der Waals surface area contributed by atoms with Crippen LogP contribution >= 0.6 is 0 Å². The van der Waals surface area contributed by atoms with Crippen LogP contribution in [-0.2, 0) is 14.3 Å². The van der Waals surface area contributed by atoms with Crippen molar-refractivity contribution < 1.29 is 24.5 Å². The number of aliphatic hydroxyl groups is 2. The van der Waals surface area contributed by atoms with Gasteiger partial charge in [0, 0.05) is 28.9 Å². The average molecular weight is 344 g/mol. The van der Waals surface area contributed by atoms with E-state index in [9.17, 15) is 14.7 Å². The average Bonchev–Trinajstić information content (AvgIpc) is 3.06. The maximum atomic E-state index is 13.0. The molecular weight excluding hydrogens is 320 g/mol. The minimum atomic E-state index is -0.514. The molecule has 5 heteroatoms. The van der Waals surface area contributed by atoms with Crippen LogP contribution in [0.15, 0.2) is 46.6 Å². The minimum absolute atomic E-state index is 0.00500. The second-order valence-electron chi connectivity index (χ2n) is 7.10. The van der Waals surface area contributed by atoms with Crippen molar-refractivity contribution in [1.82, 2.24) is 0 Å². The molecule has 4 atom stereocenters. The van der Waals surface area contributed by atoms with Gasteiger partial charge in [0.1, 0.15) is 6.10 Å². The molecule has 3 rings (SSSR count). The SMILES string of the molecule is C=C1C(=O)O[C@@H]2[C@H]3C(C)=CCC3=C(C)C[C@@H](C(=O)/C(=C/CO)CO)[C@@H]12.